The van der Waals surface area contributed by atoms with Gasteiger partial charge < -0.3 is 11.1 Å². The van der Waals surface area contributed by atoms with Crippen molar-refractivity contribution in [2.24, 2.45) is 11.7 Å². The maximum Gasteiger partial charge on any atom is 0.0294 e. The fraction of sp³-hybridized carbons (Fsp3) is 0.652. The second-order valence-electron chi connectivity index (χ2n) is 7.19. The average molecular weight is 360 g/mol. The zero-order chi connectivity index (χ0) is 19.2. The summed E-state index contributed by atoms with van der Waals surface area (Å²) in [5, 5.41) is 3.55. The lowest BCUT2D eigenvalue weighted by Crippen LogP contribution is -2.33. The molecule has 0 spiro atoms. The van der Waals surface area contributed by atoms with E-state index in [0.717, 1.165) is 37.5 Å². The zero-order valence-electron chi connectivity index (χ0n) is 17.6. The minimum absolute atomic E-state index is 0.899. The van der Waals surface area contributed by atoms with Crippen LogP contribution in [-0.2, 0) is 6.54 Å². The van der Waals surface area contributed by atoms with Crippen LogP contribution in [0.2, 0.25) is 0 Å². The molecule has 0 saturated carbocycles. The Morgan fingerprint density at radius 2 is 1.81 bits per heavy atom. The van der Waals surface area contributed by atoms with E-state index in [1.54, 1.807) is 0 Å². The minimum Gasteiger partial charge on any atom is -0.401 e. The molecule has 0 aliphatic carbocycles. The first kappa shape index (κ1) is 22.6. The topological polar surface area (TPSA) is 41.3 Å². The lowest BCUT2D eigenvalue weighted by molar-refractivity contribution is 0.171. The van der Waals surface area contributed by atoms with Crippen LogP contribution in [0.1, 0.15) is 71.8 Å². The maximum atomic E-state index is 5.94. The molecule has 1 aliphatic heterocycles. The van der Waals surface area contributed by atoms with Crippen LogP contribution < -0.4 is 11.1 Å². The Balaban J connectivity index is 0.00000163. The predicted octanol–water partition coefficient (Wildman–Crippen LogP) is 5.28. The van der Waals surface area contributed by atoms with E-state index < -0.39 is 0 Å². The van der Waals surface area contributed by atoms with Crippen molar-refractivity contribution in [3.05, 3.63) is 47.3 Å². The van der Waals surface area contributed by atoms with E-state index in [0.29, 0.717) is 0 Å². The predicted molar refractivity (Wildman–Crippen MR) is 115 cm³/mol. The molecule has 0 aromatic heterocycles. The average Bonchev–Trinajstić information content (AvgIpc) is 2.68. The minimum atomic E-state index is 0.899. The molecule has 26 heavy (non-hydrogen) atoms. The highest BCUT2D eigenvalue weighted by molar-refractivity contribution is 5.14. The number of benzene rings is 1. The Hall–Kier alpha value is -1.48. The molecular formula is C23H41N3. The summed E-state index contributed by atoms with van der Waals surface area (Å²) in [5.41, 5.74) is 9.57. The van der Waals surface area contributed by atoms with E-state index in [1.165, 1.54) is 50.0 Å². The monoisotopic (exact) mass is 359 g/mol. The molecule has 0 bridgehead atoms. The Bertz CT molecular complexity index is 483. The molecule has 0 radical (unpaired) electrons. The second kappa shape index (κ2) is 13.7. The number of hydrogen-bond acceptors (Lipinski definition) is 3. The van der Waals surface area contributed by atoms with Crippen molar-refractivity contribution in [3.8, 4) is 0 Å². The molecule has 3 N–H and O–H groups in total. The number of piperidine rings is 1. The first-order valence-electron chi connectivity index (χ1n) is 10.6. The number of nitrogens with two attached hydrogens (primary N) is 1. The van der Waals surface area contributed by atoms with Gasteiger partial charge in [-0.25, -0.2) is 0 Å². The standard InChI is InChI=1S/C21H35N3.C2H6/c1-3-8-21(18(2)22)23-14-7-11-19-12-15-24(16-13-19)17-20-9-5-4-6-10-20;1-2/h4-6,9-10,19,23H,3,7-8,11-17,22H2,1-2H3;1-2H3/b21-18-;. The third-order valence-electron chi connectivity index (χ3n) is 5.06. The lowest BCUT2D eigenvalue weighted by Gasteiger charge is -2.32. The molecule has 0 atom stereocenters. The van der Waals surface area contributed by atoms with Crippen LogP contribution in [0.5, 0.6) is 0 Å². The van der Waals surface area contributed by atoms with Gasteiger partial charge in [0, 0.05) is 24.5 Å². The SMILES string of the molecule is CC.CCC/C(NCCCC1CCN(Cc2ccccc2)CC1)=C(\C)N. The van der Waals surface area contributed by atoms with Crippen molar-refractivity contribution < 1.29 is 0 Å². The van der Waals surface area contributed by atoms with Crippen LogP contribution in [0, 0.1) is 5.92 Å². The molecule has 1 fully saturated rings. The van der Waals surface area contributed by atoms with Gasteiger partial charge in [-0.3, -0.25) is 4.90 Å². The normalized spacial score (nSPS) is 16.5. The van der Waals surface area contributed by atoms with Crippen LogP contribution in [-0.4, -0.2) is 24.5 Å². The number of nitrogens with zero attached hydrogens (tertiary/aromatic N) is 1. The molecule has 1 aromatic carbocycles. The number of allylic oxidation sites excluding steroid dienone is 2. The molecule has 1 aromatic rings. The Kier molecular flexibility index (Phi) is 11.9. The van der Waals surface area contributed by atoms with Crippen LogP contribution in [0.3, 0.4) is 0 Å². The summed E-state index contributed by atoms with van der Waals surface area (Å²) in [4.78, 5) is 2.60. The molecule has 1 aliphatic rings. The Labute approximate surface area is 162 Å². The molecule has 1 heterocycles. The van der Waals surface area contributed by atoms with Crippen LogP contribution in [0.15, 0.2) is 41.7 Å². The van der Waals surface area contributed by atoms with E-state index in [9.17, 15) is 0 Å². The van der Waals surface area contributed by atoms with Gasteiger partial charge in [0.05, 0.1) is 0 Å². The first-order chi connectivity index (χ1) is 12.7. The summed E-state index contributed by atoms with van der Waals surface area (Å²) in [6, 6.07) is 10.8. The van der Waals surface area contributed by atoms with Crippen molar-refractivity contribution in [2.45, 2.75) is 72.8 Å². The highest BCUT2D eigenvalue weighted by atomic mass is 15.1. The fourth-order valence-corrected chi connectivity index (χ4v) is 3.58. The summed E-state index contributed by atoms with van der Waals surface area (Å²) >= 11 is 0. The quantitative estimate of drug-likeness (QED) is 0.589. The van der Waals surface area contributed by atoms with Gasteiger partial charge in [0.1, 0.15) is 0 Å². The van der Waals surface area contributed by atoms with Gasteiger partial charge in [-0.1, -0.05) is 57.5 Å². The van der Waals surface area contributed by atoms with Crippen LogP contribution in [0.4, 0.5) is 0 Å². The highest BCUT2D eigenvalue weighted by Gasteiger charge is 2.18. The van der Waals surface area contributed by atoms with Crippen molar-refractivity contribution in [1.29, 1.82) is 0 Å². The maximum absolute atomic E-state index is 5.94. The summed E-state index contributed by atoms with van der Waals surface area (Å²) in [6.07, 6.45) is 7.51. The zero-order valence-corrected chi connectivity index (χ0v) is 17.6. The largest absolute Gasteiger partial charge is 0.401 e. The van der Waals surface area contributed by atoms with E-state index in [4.69, 9.17) is 5.73 Å². The summed E-state index contributed by atoms with van der Waals surface area (Å²) in [6.45, 7) is 12.9. The Morgan fingerprint density at radius 1 is 1.15 bits per heavy atom. The first-order valence-corrected chi connectivity index (χ1v) is 10.6. The van der Waals surface area contributed by atoms with Gasteiger partial charge in [-0.15, -0.1) is 0 Å². The van der Waals surface area contributed by atoms with Gasteiger partial charge in [0.2, 0.25) is 0 Å². The number of rotatable bonds is 9. The second-order valence-corrected chi connectivity index (χ2v) is 7.19. The molecule has 3 heteroatoms. The smallest absolute Gasteiger partial charge is 0.0294 e. The molecule has 2 rings (SSSR count). The Morgan fingerprint density at radius 3 is 2.38 bits per heavy atom. The third kappa shape index (κ3) is 8.75. The van der Waals surface area contributed by atoms with Gasteiger partial charge in [-0.05, 0) is 63.6 Å². The van der Waals surface area contributed by atoms with E-state index in [2.05, 4.69) is 47.5 Å². The molecule has 0 amide bonds. The highest BCUT2D eigenvalue weighted by Crippen LogP contribution is 2.23. The van der Waals surface area contributed by atoms with E-state index >= 15 is 0 Å². The van der Waals surface area contributed by atoms with Crippen LogP contribution >= 0.6 is 0 Å². The summed E-state index contributed by atoms with van der Waals surface area (Å²) in [7, 11) is 0. The van der Waals surface area contributed by atoms with Gasteiger partial charge >= 0.3 is 0 Å². The van der Waals surface area contributed by atoms with Gasteiger partial charge in [0.15, 0.2) is 0 Å². The summed E-state index contributed by atoms with van der Waals surface area (Å²) < 4.78 is 0. The van der Waals surface area contributed by atoms with E-state index in [1.807, 2.05) is 20.8 Å². The van der Waals surface area contributed by atoms with Gasteiger partial charge in [-0.2, -0.15) is 0 Å². The van der Waals surface area contributed by atoms with Crippen molar-refractivity contribution in [2.75, 3.05) is 19.6 Å². The third-order valence-corrected chi connectivity index (χ3v) is 5.06. The van der Waals surface area contributed by atoms with E-state index in [-0.39, 0.29) is 0 Å². The number of likely N-dealkylation sites (tertiary alicyclic amines) is 1. The lowest BCUT2D eigenvalue weighted by atomic mass is 9.92. The van der Waals surface area contributed by atoms with Crippen molar-refractivity contribution in [3.63, 3.8) is 0 Å². The molecular weight excluding hydrogens is 318 g/mol. The number of hydrogen-bond donors (Lipinski definition) is 2. The molecule has 148 valence electrons. The fourth-order valence-electron chi connectivity index (χ4n) is 3.58. The molecule has 3 nitrogen and oxygen atoms in total. The van der Waals surface area contributed by atoms with Gasteiger partial charge in [0.25, 0.3) is 0 Å². The molecule has 0 unspecified atom stereocenters. The van der Waals surface area contributed by atoms with Crippen molar-refractivity contribution >= 4 is 0 Å². The number of nitrogens with one attached hydrogen (secondary N) is 1. The summed E-state index contributed by atoms with van der Waals surface area (Å²) in [5.74, 6) is 0.899. The molecule has 1 saturated heterocycles. The van der Waals surface area contributed by atoms with Crippen molar-refractivity contribution in [1.82, 2.24) is 10.2 Å². The van der Waals surface area contributed by atoms with Crippen LogP contribution in [0.25, 0.3) is 0 Å².